The van der Waals surface area contributed by atoms with Crippen molar-refractivity contribution in [1.29, 1.82) is 0 Å². The van der Waals surface area contributed by atoms with Crippen molar-refractivity contribution in [3.8, 4) is 0 Å². The van der Waals surface area contributed by atoms with E-state index < -0.39 is 0 Å². The predicted molar refractivity (Wildman–Crippen MR) is 92.9 cm³/mol. The minimum Gasteiger partial charge on any atom is -0.324 e. The predicted octanol–water partition coefficient (Wildman–Crippen LogP) is 3.83. The molecule has 0 saturated heterocycles. The number of carbonyl (C=O) groups is 2. The highest BCUT2D eigenvalue weighted by Gasteiger charge is 2.11. The molecule has 0 aromatic heterocycles. The second-order valence-electron chi connectivity index (χ2n) is 5.30. The highest BCUT2D eigenvalue weighted by Crippen LogP contribution is 2.17. The van der Waals surface area contributed by atoms with E-state index in [0.29, 0.717) is 16.3 Å². The smallest absolute Gasteiger partial charge is 0.238 e. The van der Waals surface area contributed by atoms with Crippen LogP contribution in [0.25, 0.3) is 0 Å². The third kappa shape index (κ3) is 4.91. The lowest BCUT2D eigenvalue weighted by atomic mass is 10.1. The first-order valence-corrected chi connectivity index (χ1v) is 7.74. The average molecular weight is 331 g/mol. The van der Waals surface area contributed by atoms with Crippen LogP contribution in [0.2, 0.25) is 5.02 Å². The molecule has 4 nitrogen and oxygen atoms in total. The molecule has 5 heteroatoms. The largest absolute Gasteiger partial charge is 0.324 e. The van der Waals surface area contributed by atoms with Crippen molar-refractivity contribution in [2.45, 2.75) is 19.9 Å². The van der Waals surface area contributed by atoms with Gasteiger partial charge in [0.05, 0.1) is 12.2 Å². The first-order chi connectivity index (χ1) is 11.0. The van der Waals surface area contributed by atoms with Gasteiger partial charge in [0.25, 0.3) is 0 Å². The zero-order valence-electron chi connectivity index (χ0n) is 13.1. The molecule has 0 aliphatic rings. The molecule has 0 bridgehead atoms. The first kappa shape index (κ1) is 17.2. The molecule has 0 radical (unpaired) electrons. The van der Waals surface area contributed by atoms with Crippen LogP contribution in [-0.4, -0.2) is 18.2 Å². The van der Waals surface area contributed by atoms with Crippen LogP contribution in [0.1, 0.15) is 35.8 Å². The van der Waals surface area contributed by atoms with Gasteiger partial charge in [-0.2, -0.15) is 0 Å². The maximum absolute atomic E-state index is 12.1. The van der Waals surface area contributed by atoms with Crippen LogP contribution in [0.3, 0.4) is 0 Å². The lowest BCUT2D eigenvalue weighted by molar-refractivity contribution is -0.115. The summed E-state index contributed by atoms with van der Waals surface area (Å²) in [6, 6.07) is 14.5. The third-order valence-electron chi connectivity index (χ3n) is 3.52. The van der Waals surface area contributed by atoms with E-state index in [4.69, 9.17) is 11.6 Å². The van der Waals surface area contributed by atoms with Gasteiger partial charge in [-0.1, -0.05) is 35.9 Å². The van der Waals surface area contributed by atoms with Crippen molar-refractivity contribution in [2.75, 3.05) is 11.9 Å². The zero-order chi connectivity index (χ0) is 16.8. The summed E-state index contributed by atoms with van der Waals surface area (Å²) in [6.45, 7) is 3.60. The Morgan fingerprint density at radius 2 is 1.74 bits per heavy atom. The molecule has 23 heavy (non-hydrogen) atoms. The van der Waals surface area contributed by atoms with Crippen molar-refractivity contribution in [3.05, 3.63) is 64.7 Å². The third-order valence-corrected chi connectivity index (χ3v) is 3.77. The molecule has 0 unspecified atom stereocenters. The molecule has 2 N–H and O–H groups in total. The zero-order valence-corrected chi connectivity index (χ0v) is 13.9. The Labute approximate surface area is 140 Å². The van der Waals surface area contributed by atoms with Crippen LogP contribution in [0.15, 0.2) is 48.5 Å². The standard InChI is InChI=1S/C18H19ClN2O2/c1-12(14-7-9-15(19)10-8-14)20-11-18(23)21-17-6-4-3-5-16(17)13(2)22/h3-10,12,20H,11H2,1-2H3,(H,21,23)/t12-/m1/s1. The second kappa shape index (κ2) is 7.90. The SMILES string of the molecule is CC(=O)c1ccccc1NC(=O)CN[C@H](C)c1ccc(Cl)cc1. The summed E-state index contributed by atoms with van der Waals surface area (Å²) in [5.41, 5.74) is 2.09. The van der Waals surface area contributed by atoms with E-state index in [2.05, 4.69) is 10.6 Å². The number of Topliss-reactive ketones (excluding diaryl/α,β-unsaturated/α-hetero) is 1. The summed E-state index contributed by atoms with van der Waals surface area (Å²) >= 11 is 5.86. The molecule has 2 rings (SSSR count). The average Bonchev–Trinajstić information content (AvgIpc) is 2.53. The normalized spacial score (nSPS) is 11.8. The molecular weight excluding hydrogens is 312 g/mol. The van der Waals surface area contributed by atoms with E-state index in [1.807, 2.05) is 31.2 Å². The molecule has 0 aliphatic heterocycles. The fourth-order valence-electron chi connectivity index (χ4n) is 2.21. The monoisotopic (exact) mass is 330 g/mol. The number of carbonyl (C=O) groups excluding carboxylic acids is 2. The van der Waals surface area contributed by atoms with Crippen molar-refractivity contribution >= 4 is 29.0 Å². The summed E-state index contributed by atoms with van der Waals surface area (Å²) in [6.07, 6.45) is 0. The van der Waals surface area contributed by atoms with E-state index in [1.54, 1.807) is 24.3 Å². The van der Waals surface area contributed by atoms with Crippen LogP contribution in [0, 0.1) is 0 Å². The Kier molecular flexibility index (Phi) is 5.90. The number of benzene rings is 2. The molecule has 0 heterocycles. The highest BCUT2D eigenvalue weighted by atomic mass is 35.5. The Balaban J connectivity index is 1.93. The number of para-hydroxylation sites is 1. The van der Waals surface area contributed by atoms with Crippen molar-refractivity contribution < 1.29 is 9.59 Å². The van der Waals surface area contributed by atoms with Gasteiger partial charge in [-0.15, -0.1) is 0 Å². The number of halogens is 1. The quantitative estimate of drug-likeness (QED) is 0.791. The molecule has 2 aromatic rings. The molecule has 0 fully saturated rings. The van der Waals surface area contributed by atoms with E-state index in [9.17, 15) is 9.59 Å². The molecule has 0 saturated carbocycles. The van der Waals surface area contributed by atoms with Gasteiger partial charge in [0, 0.05) is 16.6 Å². The van der Waals surface area contributed by atoms with Crippen LogP contribution in [0.5, 0.6) is 0 Å². The lowest BCUT2D eigenvalue weighted by Gasteiger charge is -2.15. The molecular formula is C18H19ClN2O2. The van der Waals surface area contributed by atoms with Gasteiger partial charge in [0.15, 0.2) is 5.78 Å². The number of hydrogen-bond acceptors (Lipinski definition) is 3. The van der Waals surface area contributed by atoms with E-state index in [-0.39, 0.29) is 24.3 Å². The Morgan fingerprint density at radius 1 is 1.09 bits per heavy atom. The molecule has 1 amide bonds. The minimum absolute atomic E-state index is 0.0149. The van der Waals surface area contributed by atoms with Crippen molar-refractivity contribution in [2.24, 2.45) is 0 Å². The number of ketones is 1. The van der Waals surface area contributed by atoms with Crippen molar-refractivity contribution in [3.63, 3.8) is 0 Å². The lowest BCUT2D eigenvalue weighted by Crippen LogP contribution is -2.30. The summed E-state index contributed by atoms with van der Waals surface area (Å²) < 4.78 is 0. The number of hydrogen-bond donors (Lipinski definition) is 2. The summed E-state index contributed by atoms with van der Waals surface area (Å²) in [5.74, 6) is -0.275. The van der Waals surface area contributed by atoms with Crippen LogP contribution >= 0.6 is 11.6 Å². The van der Waals surface area contributed by atoms with Gasteiger partial charge in [0.1, 0.15) is 0 Å². The fourth-order valence-corrected chi connectivity index (χ4v) is 2.33. The Bertz CT molecular complexity index is 698. The van der Waals surface area contributed by atoms with Gasteiger partial charge in [-0.3, -0.25) is 9.59 Å². The maximum Gasteiger partial charge on any atom is 0.238 e. The number of nitrogens with one attached hydrogen (secondary N) is 2. The summed E-state index contributed by atoms with van der Waals surface area (Å²) in [4.78, 5) is 23.6. The maximum atomic E-state index is 12.1. The van der Waals surface area contributed by atoms with Gasteiger partial charge < -0.3 is 10.6 Å². The topological polar surface area (TPSA) is 58.2 Å². The Morgan fingerprint density at radius 3 is 2.39 bits per heavy atom. The van der Waals surface area contributed by atoms with Gasteiger partial charge in [-0.05, 0) is 43.7 Å². The highest BCUT2D eigenvalue weighted by molar-refractivity contribution is 6.30. The van der Waals surface area contributed by atoms with Gasteiger partial charge >= 0.3 is 0 Å². The molecule has 2 aromatic carbocycles. The first-order valence-electron chi connectivity index (χ1n) is 7.36. The fraction of sp³-hybridized carbons (Fsp3) is 0.222. The van der Waals surface area contributed by atoms with Crippen molar-refractivity contribution in [1.82, 2.24) is 5.32 Å². The second-order valence-corrected chi connectivity index (χ2v) is 5.74. The van der Waals surface area contributed by atoms with Crippen LogP contribution in [-0.2, 0) is 4.79 Å². The number of anilines is 1. The van der Waals surface area contributed by atoms with E-state index in [1.165, 1.54) is 6.92 Å². The number of amides is 1. The number of rotatable bonds is 6. The Hall–Kier alpha value is -2.17. The molecule has 120 valence electrons. The van der Waals surface area contributed by atoms with Gasteiger partial charge in [-0.25, -0.2) is 0 Å². The van der Waals surface area contributed by atoms with E-state index >= 15 is 0 Å². The van der Waals surface area contributed by atoms with Crippen LogP contribution in [0.4, 0.5) is 5.69 Å². The molecule has 1 atom stereocenters. The summed E-state index contributed by atoms with van der Waals surface area (Å²) in [5, 5.41) is 6.59. The molecule has 0 aliphatic carbocycles. The van der Waals surface area contributed by atoms with Crippen LogP contribution < -0.4 is 10.6 Å². The molecule has 0 spiro atoms. The van der Waals surface area contributed by atoms with E-state index in [0.717, 1.165) is 5.56 Å². The summed E-state index contributed by atoms with van der Waals surface area (Å²) in [7, 11) is 0. The minimum atomic E-state index is -0.195. The van der Waals surface area contributed by atoms with Gasteiger partial charge in [0.2, 0.25) is 5.91 Å².